The predicted molar refractivity (Wildman–Crippen MR) is 131 cm³/mol. The van der Waals surface area contributed by atoms with Crippen LogP contribution >= 0.6 is 0 Å². The van der Waals surface area contributed by atoms with Crippen LogP contribution in [0.15, 0.2) is 54.6 Å². The van der Waals surface area contributed by atoms with Crippen LogP contribution in [0.5, 0.6) is 0 Å². The molecular formula is C26H34N4. The van der Waals surface area contributed by atoms with Crippen molar-refractivity contribution in [1.29, 1.82) is 0 Å². The SMILES string of the molecule is NCCN(CCN)CCNCCCCc1ccc2ccc3cccc4ccc1c2c34. The van der Waals surface area contributed by atoms with Gasteiger partial charge in [0.05, 0.1) is 0 Å². The molecule has 0 aliphatic rings. The van der Waals surface area contributed by atoms with E-state index in [4.69, 9.17) is 11.5 Å². The first-order valence-electron chi connectivity index (χ1n) is 11.3. The van der Waals surface area contributed by atoms with Crippen LogP contribution in [0.2, 0.25) is 0 Å². The number of benzene rings is 4. The lowest BCUT2D eigenvalue weighted by atomic mass is 9.90. The van der Waals surface area contributed by atoms with Gasteiger partial charge in [0, 0.05) is 39.3 Å². The second-order valence-corrected chi connectivity index (χ2v) is 8.21. The number of aryl methyl sites for hydroxylation is 1. The number of nitrogens with zero attached hydrogens (tertiary/aromatic N) is 1. The van der Waals surface area contributed by atoms with E-state index in [1.54, 1.807) is 0 Å². The monoisotopic (exact) mass is 402 g/mol. The summed E-state index contributed by atoms with van der Waals surface area (Å²) in [4.78, 5) is 2.33. The molecule has 0 radical (unpaired) electrons. The summed E-state index contributed by atoms with van der Waals surface area (Å²) < 4.78 is 0. The maximum atomic E-state index is 5.67. The number of nitrogens with one attached hydrogen (secondary N) is 1. The zero-order chi connectivity index (χ0) is 20.8. The first kappa shape index (κ1) is 21.0. The lowest BCUT2D eigenvalue weighted by Gasteiger charge is -2.20. The van der Waals surface area contributed by atoms with E-state index >= 15 is 0 Å². The number of rotatable bonds is 12. The maximum Gasteiger partial charge on any atom is 0.0108 e. The van der Waals surface area contributed by atoms with Crippen LogP contribution in [-0.2, 0) is 6.42 Å². The zero-order valence-corrected chi connectivity index (χ0v) is 17.9. The van der Waals surface area contributed by atoms with Crippen LogP contribution in [0.4, 0.5) is 0 Å². The Labute approximate surface area is 179 Å². The van der Waals surface area contributed by atoms with Gasteiger partial charge >= 0.3 is 0 Å². The van der Waals surface area contributed by atoms with E-state index in [1.807, 2.05) is 0 Å². The van der Waals surface area contributed by atoms with Crippen LogP contribution in [0, 0.1) is 0 Å². The average molecular weight is 403 g/mol. The summed E-state index contributed by atoms with van der Waals surface area (Å²) in [6.07, 6.45) is 3.52. The van der Waals surface area contributed by atoms with Gasteiger partial charge < -0.3 is 16.8 Å². The van der Waals surface area contributed by atoms with Crippen LogP contribution in [0.1, 0.15) is 18.4 Å². The molecule has 4 aromatic carbocycles. The molecule has 0 unspecified atom stereocenters. The van der Waals surface area contributed by atoms with Crippen molar-refractivity contribution in [2.45, 2.75) is 19.3 Å². The highest BCUT2D eigenvalue weighted by Gasteiger charge is 2.10. The highest BCUT2D eigenvalue weighted by molar-refractivity contribution is 6.23. The second-order valence-electron chi connectivity index (χ2n) is 8.21. The van der Waals surface area contributed by atoms with Gasteiger partial charge in [-0.2, -0.15) is 0 Å². The molecule has 30 heavy (non-hydrogen) atoms. The van der Waals surface area contributed by atoms with Gasteiger partial charge in [-0.25, -0.2) is 0 Å². The van der Waals surface area contributed by atoms with Crippen LogP contribution in [0.3, 0.4) is 0 Å². The largest absolute Gasteiger partial charge is 0.329 e. The smallest absolute Gasteiger partial charge is 0.0108 e. The highest BCUT2D eigenvalue weighted by Crippen LogP contribution is 2.36. The first-order valence-corrected chi connectivity index (χ1v) is 11.3. The molecule has 4 aromatic rings. The molecule has 0 atom stereocenters. The van der Waals surface area contributed by atoms with E-state index in [0.717, 1.165) is 39.1 Å². The molecule has 158 valence electrons. The van der Waals surface area contributed by atoms with Crippen LogP contribution in [0.25, 0.3) is 32.3 Å². The Kier molecular flexibility index (Phi) is 7.13. The second kappa shape index (κ2) is 10.2. The molecule has 0 aromatic heterocycles. The Bertz CT molecular complexity index is 1050. The molecule has 4 heteroatoms. The molecule has 4 rings (SSSR count). The van der Waals surface area contributed by atoms with Gasteiger partial charge in [0.15, 0.2) is 0 Å². The van der Waals surface area contributed by atoms with Crippen molar-refractivity contribution in [2.24, 2.45) is 11.5 Å². The Morgan fingerprint density at radius 1 is 0.667 bits per heavy atom. The van der Waals surface area contributed by atoms with Crippen molar-refractivity contribution in [3.8, 4) is 0 Å². The van der Waals surface area contributed by atoms with Crippen molar-refractivity contribution < 1.29 is 0 Å². The third-order valence-electron chi connectivity index (χ3n) is 6.16. The molecule has 0 saturated carbocycles. The lowest BCUT2D eigenvalue weighted by Crippen LogP contribution is -2.38. The molecule has 0 fully saturated rings. The Morgan fingerprint density at radius 2 is 1.33 bits per heavy atom. The minimum absolute atomic E-state index is 0.694. The molecule has 4 nitrogen and oxygen atoms in total. The summed E-state index contributed by atoms with van der Waals surface area (Å²) in [5.74, 6) is 0. The number of unbranched alkanes of at least 4 members (excludes halogenated alkanes) is 1. The average Bonchev–Trinajstić information content (AvgIpc) is 2.77. The fourth-order valence-corrected chi connectivity index (χ4v) is 4.64. The van der Waals surface area contributed by atoms with Gasteiger partial charge in [0.2, 0.25) is 0 Å². The minimum Gasteiger partial charge on any atom is -0.329 e. The molecule has 0 spiro atoms. The van der Waals surface area contributed by atoms with E-state index in [1.165, 1.54) is 50.7 Å². The standard InChI is InChI=1S/C26H34N4/c27-13-17-30(18-14-28)19-16-29-15-2-1-4-20-7-8-23-10-9-21-5-3-6-22-11-12-24(20)26(23)25(21)22/h3,5-12,29H,1-2,4,13-19,27-28H2. The molecule has 0 amide bonds. The summed E-state index contributed by atoms with van der Waals surface area (Å²) >= 11 is 0. The normalized spacial score (nSPS) is 12.1. The Morgan fingerprint density at radius 3 is 2.07 bits per heavy atom. The molecule has 0 aliphatic carbocycles. The summed E-state index contributed by atoms with van der Waals surface area (Å²) in [6, 6.07) is 20.3. The molecular weight excluding hydrogens is 368 g/mol. The summed E-state index contributed by atoms with van der Waals surface area (Å²) in [7, 11) is 0. The number of hydrogen-bond acceptors (Lipinski definition) is 4. The highest BCUT2D eigenvalue weighted by atomic mass is 15.1. The fourth-order valence-electron chi connectivity index (χ4n) is 4.64. The summed E-state index contributed by atoms with van der Waals surface area (Å²) in [6.45, 7) is 6.31. The molecule has 0 saturated heterocycles. The molecule has 5 N–H and O–H groups in total. The summed E-state index contributed by atoms with van der Waals surface area (Å²) in [5.41, 5.74) is 12.8. The molecule has 0 bridgehead atoms. The van der Waals surface area contributed by atoms with Gasteiger partial charge in [-0.05, 0) is 63.7 Å². The predicted octanol–water partition coefficient (Wildman–Crippen LogP) is 3.72. The quantitative estimate of drug-likeness (QED) is 0.250. The van der Waals surface area contributed by atoms with Gasteiger partial charge in [-0.3, -0.25) is 4.90 Å². The molecule has 0 heterocycles. The van der Waals surface area contributed by atoms with E-state index in [0.29, 0.717) is 13.1 Å². The number of hydrogen-bond donors (Lipinski definition) is 3. The zero-order valence-electron chi connectivity index (χ0n) is 17.9. The topological polar surface area (TPSA) is 67.3 Å². The Balaban J connectivity index is 1.34. The van der Waals surface area contributed by atoms with E-state index in [9.17, 15) is 0 Å². The lowest BCUT2D eigenvalue weighted by molar-refractivity contribution is 0.288. The van der Waals surface area contributed by atoms with E-state index in [2.05, 4.69) is 64.8 Å². The fraction of sp³-hybridized carbons (Fsp3) is 0.385. The molecule has 0 aliphatic heterocycles. The van der Waals surface area contributed by atoms with Crippen molar-refractivity contribution in [1.82, 2.24) is 10.2 Å². The third-order valence-corrected chi connectivity index (χ3v) is 6.16. The van der Waals surface area contributed by atoms with Crippen LogP contribution < -0.4 is 16.8 Å². The van der Waals surface area contributed by atoms with Gasteiger partial charge in [0.1, 0.15) is 0 Å². The summed E-state index contributed by atoms with van der Waals surface area (Å²) in [5, 5.41) is 11.9. The Hall–Kier alpha value is -2.24. The van der Waals surface area contributed by atoms with Crippen LogP contribution in [-0.4, -0.2) is 50.7 Å². The van der Waals surface area contributed by atoms with Gasteiger partial charge in [-0.1, -0.05) is 54.6 Å². The minimum atomic E-state index is 0.694. The van der Waals surface area contributed by atoms with Crippen molar-refractivity contribution in [3.63, 3.8) is 0 Å². The first-order chi connectivity index (χ1) is 14.8. The van der Waals surface area contributed by atoms with Gasteiger partial charge in [-0.15, -0.1) is 0 Å². The van der Waals surface area contributed by atoms with Gasteiger partial charge in [0.25, 0.3) is 0 Å². The number of nitrogens with two attached hydrogens (primary N) is 2. The van der Waals surface area contributed by atoms with Crippen molar-refractivity contribution in [2.75, 3.05) is 45.8 Å². The maximum absolute atomic E-state index is 5.67. The van der Waals surface area contributed by atoms with Crippen molar-refractivity contribution in [3.05, 3.63) is 60.2 Å². The third kappa shape index (κ3) is 4.57. The van der Waals surface area contributed by atoms with E-state index < -0.39 is 0 Å². The van der Waals surface area contributed by atoms with E-state index in [-0.39, 0.29) is 0 Å². The van der Waals surface area contributed by atoms with Crippen molar-refractivity contribution >= 4 is 32.3 Å².